The van der Waals surface area contributed by atoms with Crippen molar-refractivity contribution in [2.24, 2.45) is 11.5 Å². The van der Waals surface area contributed by atoms with Gasteiger partial charge >= 0.3 is 0 Å². The van der Waals surface area contributed by atoms with Crippen LogP contribution in [0.2, 0.25) is 0 Å². The molecule has 3 atom stereocenters. The van der Waals surface area contributed by atoms with Crippen LogP contribution in [-0.2, 0) is 14.4 Å². The Morgan fingerprint density at radius 1 is 0.480 bits per heavy atom. The number of aliphatic hydroxyl groups excluding tert-OH is 2. The van der Waals surface area contributed by atoms with Crippen molar-refractivity contribution in [2.45, 2.75) is 231 Å². The van der Waals surface area contributed by atoms with Gasteiger partial charge in [-0.3, -0.25) is 14.4 Å². The third-order valence-electron chi connectivity index (χ3n) is 10.4. The number of unbranched alkanes of at least 4 members (excludes halogenated alkanes) is 25. The van der Waals surface area contributed by atoms with E-state index in [1.54, 1.807) is 0 Å². The molecule has 50 heavy (non-hydrogen) atoms. The van der Waals surface area contributed by atoms with E-state index in [-0.39, 0.29) is 24.4 Å². The number of hydrogen-bond acceptors (Lipinski definition) is 7. The Morgan fingerprint density at radius 2 is 0.780 bits per heavy atom. The zero-order valence-electron chi connectivity index (χ0n) is 33.0. The first kappa shape index (κ1) is 48.6. The van der Waals surface area contributed by atoms with Crippen LogP contribution in [0.15, 0.2) is 0 Å². The summed E-state index contributed by atoms with van der Waals surface area (Å²) >= 11 is 0. The maximum absolute atomic E-state index is 13.7. The van der Waals surface area contributed by atoms with Gasteiger partial charge in [0.2, 0.25) is 5.91 Å². The van der Waals surface area contributed by atoms with Crippen molar-refractivity contribution in [3.8, 4) is 0 Å². The van der Waals surface area contributed by atoms with Crippen molar-refractivity contribution < 1.29 is 24.6 Å². The fourth-order valence-corrected chi connectivity index (χ4v) is 7.00. The predicted molar refractivity (Wildman–Crippen MR) is 210 cm³/mol. The Kier molecular flexibility index (Phi) is 35.1. The van der Waals surface area contributed by atoms with E-state index in [1.807, 2.05) is 0 Å². The molecule has 0 fully saturated rings. The van der Waals surface area contributed by atoms with Gasteiger partial charge in [-0.2, -0.15) is 0 Å². The minimum Gasteiger partial charge on any atom is -0.394 e. The number of nitrogens with zero attached hydrogens (tertiary/aromatic N) is 1. The fourth-order valence-electron chi connectivity index (χ4n) is 7.00. The summed E-state index contributed by atoms with van der Waals surface area (Å²) in [5.74, 6) is -1.10. The van der Waals surface area contributed by atoms with Crippen molar-refractivity contribution in [1.82, 2.24) is 4.90 Å². The Hall–Kier alpha value is -1.35. The quantitative estimate of drug-likeness (QED) is 0.0466. The number of nitrogens with two attached hydrogens (primary N) is 2. The SMILES string of the molecule is CCCCCCCCCCCCCCCC(=O)C(CO)N(C(=O)[C@@H](N)CCCCN)C(CO)C(=O)CCCCCCCCCCCCCCC. The second-order valence-electron chi connectivity index (χ2n) is 15.0. The zero-order valence-corrected chi connectivity index (χ0v) is 33.0. The van der Waals surface area contributed by atoms with Crippen LogP contribution < -0.4 is 11.5 Å². The van der Waals surface area contributed by atoms with Crippen LogP contribution in [0.5, 0.6) is 0 Å². The molecule has 6 N–H and O–H groups in total. The lowest BCUT2D eigenvalue weighted by Crippen LogP contribution is -2.60. The summed E-state index contributed by atoms with van der Waals surface area (Å²) in [4.78, 5) is 41.7. The molecule has 0 aliphatic heterocycles. The zero-order chi connectivity index (χ0) is 37.1. The molecule has 0 rings (SSSR count). The number of Topliss-reactive ketones (excluding diaryl/α,β-unsaturated/α-hetero) is 2. The van der Waals surface area contributed by atoms with Gasteiger partial charge in [0.25, 0.3) is 0 Å². The van der Waals surface area contributed by atoms with Crippen molar-refractivity contribution in [1.29, 1.82) is 0 Å². The molecule has 0 saturated heterocycles. The first-order valence-electron chi connectivity index (χ1n) is 21.4. The van der Waals surface area contributed by atoms with Gasteiger partial charge in [0.15, 0.2) is 11.6 Å². The van der Waals surface area contributed by atoms with Crippen LogP contribution in [0.1, 0.15) is 213 Å². The summed E-state index contributed by atoms with van der Waals surface area (Å²) < 4.78 is 0. The Labute approximate surface area is 308 Å². The van der Waals surface area contributed by atoms with E-state index in [0.717, 1.165) is 43.4 Å². The standard InChI is InChI=1S/C42H83N3O5/c1-3-5-7-9-11-13-15-17-19-21-23-25-27-32-40(48)38(35-46)45(42(50)37(44)31-29-30-34-43)39(36-47)41(49)33-28-26-24-22-20-18-16-14-12-10-8-6-4-2/h37-39,46-47H,3-36,43-44H2,1-2H3/t37-,38?,39?/m0/s1. The highest BCUT2D eigenvalue weighted by Gasteiger charge is 2.39. The Bertz CT molecular complexity index is 745. The van der Waals surface area contributed by atoms with Gasteiger partial charge in [0, 0.05) is 12.8 Å². The van der Waals surface area contributed by atoms with E-state index in [1.165, 1.54) is 116 Å². The van der Waals surface area contributed by atoms with Crippen LogP contribution in [-0.4, -0.2) is 70.5 Å². The number of aliphatic hydroxyl groups is 2. The second kappa shape index (κ2) is 36.0. The molecule has 1 amide bonds. The average Bonchev–Trinajstić information content (AvgIpc) is 3.11. The minimum atomic E-state index is -1.19. The van der Waals surface area contributed by atoms with Gasteiger partial charge in [0.1, 0.15) is 12.1 Å². The first-order valence-corrected chi connectivity index (χ1v) is 21.4. The number of carbonyl (C=O) groups is 3. The van der Waals surface area contributed by atoms with Gasteiger partial charge in [0.05, 0.1) is 19.3 Å². The van der Waals surface area contributed by atoms with E-state index in [9.17, 15) is 24.6 Å². The van der Waals surface area contributed by atoms with Gasteiger partial charge in [-0.05, 0) is 32.2 Å². The Balaban J connectivity index is 4.85. The predicted octanol–water partition coefficient (Wildman–Crippen LogP) is 9.09. The van der Waals surface area contributed by atoms with E-state index in [2.05, 4.69) is 13.8 Å². The smallest absolute Gasteiger partial charge is 0.240 e. The third kappa shape index (κ3) is 25.6. The third-order valence-corrected chi connectivity index (χ3v) is 10.4. The van der Waals surface area contributed by atoms with Gasteiger partial charge in [-0.1, -0.05) is 174 Å². The van der Waals surface area contributed by atoms with Gasteiger partial charge < -0.3 is 26.6 Å². The summed E-state index contributed by atoms with van der Waals surface area (Å²) in [6.07, 6.45) is 33.3. The fraction of sp³-hybridized carbons (Fsp3) is 0.929. The molecule has 0 aromatic heterocycles. The molecule has 0 aliphatic carbocycles. The molecule has 0 bridgehead atoms. The highest BCUT2D eigenvalue weighted by atomic mass is 16.3. The van der Waals surface area contributed by atoms with E-state index < -0.39 is 37.2 Å². The highest BCUT2D eigenvalue weighted by Crippen LogP contribution is 2.19. The lowest BCUT2D eigenvalue weighted by molar-refractivity contribution is -0.150. The summed E-state index contributed by atoms with van der Waals surface area (Å²) in [5.41, 5.74) is 11.9. The van der Waals surface area contributed by atoms with Crippen molar-refractivity contribution >= 4 is 17.5 Å². The first-order chi connectivity index (χ1) is 24.4. The lowest BCUT2D eigenvalue weighted by Gasteiger charge is -2.37. The molecule has 0 saturated carbocycles. The average molecular weight is 710 g/mol. The number of carbonyl (C=O) groups excluding carboxylic acids is 3. The van der Waals surface area contributed by atoms with Crippen LogP contribution in [0.25, 0.3) is 0 Å². The Morgan fingerprint density at radius 3 is 1.06 bits per heavy atom. The summed E-state index contributed by atoms with van der Waals surface area (Å²) in [7, 11) is 0. The summed E-state index contributed by atoms with van der Waals surface area (Å²) in [5, 5.41) is 20.8. The van der Waals surface area contributed by atoms with E-state index in [4.69, 9.17) is 11.5 Å². The molecular weight excluding hydrogens is 626 g/mol. The maximum Gasteiger partial charge on any atom is 0.240 e. The molecule has 0 aromatic carbocycles. The molecule has 296 valence electrons. The number of rotatable bonds is 39. The van der Waals surface area contributed by atoms with Crippen molar-refractivity contribution in [3.05, 3.63) is 0 Å². The molecule has 0 aromatic rings. The second-order valence-corrected chi connectivity index (χ2v) is 15.0. The summed E-state index contributed by atoms with van der Waals surface area (Å²) in [6.45, 7) is 3.79. The maximum atomic E-state index is 13.7. The topological polar surface area (TPSA) is 147 Å². The molecule has 0 heterocycles. The van der Waals surface area contributed by atoms with Crippen LogP contribution in [0, 0.1) is 0 Å². The number of ketones is 2. The summed E-state index contributed by atoms with van der Waals surface area (Å²) in [6, 6.07) is -3.31. The molecule has 0 radical (unpaired) electrons. The monoisotopic (exact) mass is 710 g/mol. The molecule has 8 nitrogen and oxygen atoms in total. The minimum absolute atomic E-state index is 0.223. The lowest BCUT2D eigenvalue weighted by atomic mass is 9.96. The van der Waals surface area contributed by atoms with E-state index >= 15 is 0 Å². The molecule has 2 unspecified atom stereocenters. The highest BCUT2D eigenvalue weighted by molar-refractivity contribution is 5.95. The van der Waals surface area contributed by atoms with Gasteiger partial charge in [-0.25, -0.2) is 0 Å². The number of hydrogen-bond donors (Lipinski definition) is 4. The molecule has 0 aliphatic rings. The normalized spacial score (nSPS) is 13.3. The van der Waals surface area contributed by atoms with Crippen molar-refractivity contribution in [2.75, 3.05) is 19.8 Å². The van der Waals surface area contributed by atoms with Gasteiger partial charge in [-0.15, -0.1) is 0 Å². The molecular formula is C42H83N3O5. The molecule has 8 heteroatoms. The van der Waals surface area contributed by atoms with Crippen LogP contribution in [0.4, 0.5) is 0 Å². The molecule has 0 spiro atoms. The van der Waals surface area contributed by atoms with E-state index in [0.29, 0.717) is 38.6 Å². The van der Waals surface area contributed by atoms with Crippen molar-refractivity contribution in [3.63, 3.8) is 0 Å². The van der Waals surface area contributed by atoms with Crippen LogP contribution in [0.3, 0.4) is 0 Å². The number of amides is 1. The largest absolute Gasteiger partial charge is 0.394 e. The van der Waals surface area contributed by atoms with Crippen LogP contribution >= 0.6 is 0 Å².